The van der Waals surface area contributed by atoms with Gasteiger partial charge in [0.25, 0.3) is 0 Å². The van der Waals surface area contributed by atoms with E-state index in [4.69, 9.17) is 0 Å². The van der Waals surface area contributed by atoms with Crippen molar-refractivity contribution in [3.63, 3.8) is 0 Å². The number of hydrogen-bond donors (Lipinski definition) is 1. The molecule has 2 aliphatic heterocycles. The Bertz CT molecular complexity index is 269. The first-order chi connectivity index (χ1) is 8.22. The number of piperidine rings is 1. The van der Waals surface area contributed by atoms with Crippen LogP contribution < -0.4 is 5.32 Å². The third-order valence-electron chi connectivity index (χ3n) is 4.21. The molecule has 0 aromatic carbocycles. The molecule has 0 radical (unpaired) electrons. The first-order valence-electron chi connectivity index (χ1n) is 6.96. The van der Waals surface area contributed by atoms with Crippen LogP contribution in [0.2, 0.25) is 0 Å². The lowest BCUT2D eigenvalue weighted by atomic mass is 9.96. The largest absolute Gasteiger partial charge is 0.340 e. The highest BCUT2D eigenvalue weighted by Crippen LogP contribution is 2.18. The fraction of sp³-hybridized carbons (Fsp3) is 0.923. The fourth-order valence-corrected chi connectivity index (χ4v) is 2.93. The number of halogens is 1. The quantitative estimate of drug-likeness (QED) is 0.833. The van der Waals surface area contributed by atoms with Gasteiger partial charge in [-0.25, -0.2) is 0 Å². The molecule has 4 nitrogen and oxygen atoms in total. The molecule has 2 rings (SSSR count). The number of likely N-dealkylation sites (N-methyl/N-ethyl adjacent to an activating group) is 1. The van der Waals surface area contributed by atoms with Crippen LogP contribution in [-0.4, -0.2) is 61.0 Å². The molecule has 2 heterocycles. The molecule has 2 fully saturated rings. The normalized spacial score (nSPS) is 27.1. The van der Waals surface area contributed by atoms with Gasteiger partial charge in [0.05, 0.1) is 6.04 Å². The van der Waals surface area contributed by atoms with Gasteiger partial charge >= 0.3 is 0 Å². The van der Waals surface area contributed by atoms with Crippen LogP contribution in [0.3, 0.4) is 0 Å². The maximum atomic E-state index is 12.1. The lowest BCUT2D eigenvalue weighted by Crippen LogP contribution is -2.56. The van der Waals surface area contributed by atoms with Gasteiger partial charge in [0.15, 0.2) is 0 Å². The number of carbonyl (C=O) groups excluding carboxylic acids is 1. The van der Waals surface area contributed by atoms with E-state index in [0.717, 1.165) is 45.2 Å². The van der Waals surface area contributed by atoms with Gasteiger partial charge in [-0.3, -0.25) is 9.69 Å². The summed E-state index contributed by atoms with van der Waals surface area (Å²) in [5.41, 5.74) is 0. The summed E-state index contributed by atoms with van der Waals surface area (Å²) in [6, 6.07) is 0.0820. The summed E-state index contributed by atoms with van der Waals surface area (Å²) in [4.78, 5) is 16.4. The second-order valence-electron chi connectivity index (χ2n) is 5.28. The molecular weight excluding hydrogens is 250 g/mol. The molecule has 2 saturated heterocycles. The highest BCUT2D eigenvalue weighted by Gasteiger charge is 2.31. The van der Waals surface area contributed by atoms with Crippen molar-refractivity contribution >= 4 is 18.3 Å². The van der Waals surface area contributed by atoms with Crippen molar-refractivity contribution in [2.45, 2.75) is 32.7 Å². The highest BCUT2D eigenvalue weighted by molar-refractivity contribution is 5.85. The summed E-state index contributed by atoms with van der Waals surface area (Å²) < 4.78 is 0. The minimum atomic E-state index is 0. The monoisotopic (exact) mass is 275 g/mol. The van der Waals surface area contributed by atoms with Crippen LogP contribution >= 0.6 is 12.4 Å². The zero-order valence-corrected chi connectivity index (χ0v) is 12.3. The Morgan fingerprint density at radius 2 is 1.94 bits per heavy atom. The maximum Gasteiger partial charge on any atom is 0.239 e. The average molecular weight is 276 g/mol. The summed E-state index contributed by atoms with van der Waals surface area (Å²) in [5.74, 6) is 1.09. The number of amides is 1. The summed E-state index contributed by atoms with van der Waals surface area (Å²) >= 11 is 0. The van der Waals surface area contributed by atoms with E-state index in [-0.39, 0.29) is 18.4 Å². The number of rotatable bonds is 3. The number of carbonyl (C=O) groups is 1. The Balaban J connectivity index is 0.00000162. The Morgan fingerprint density at radius 1 is 1.28 bits per heavy atom. The molecule has 18 heavy (non-hydrogen) atoms. The molecule has 5 heteroatoms. The molecule has 1 N–H and O–H groups in total. The van der Waals surface area contributed by atoms with Gasteiger partial charge in [0.2, 0.25) is 5.91 Å². The van der Waals surface area contributed by atoms with Crippen LogP contribution in [0.25, 0.3) is 0 Å². The van der Waals surface area contributed by atoms with Gasteiger partial charge in [-0.05, 0) is 45.7 Å². The van der Waals surface area contributed by atoms with Crippen molar-refractivity contribution in [3.05, 3.63) is 0 Å². The van der Waals surface area contributed by atoms with Crippen LogP contribution in [0.4, 0.5) is 0 Å². The van der Waals surface area contributed by atoms with Gasteiger partial charge in [-0.2, -0.15) is 0 Å². The van der Waals surface area contributed by atoms with Crippen molar-refractivity contribution in [2.24, 2.45) is 5.92 Å². The molecule has 106 valence electrons. The van der Waals surface area contributed by atoms with Gasteiger partial charge in [0, 0.05) is 26.2 Å². The van der Waals surface area contributed by atoms with E-state index in [0.29, 0.717) is 5.91 Å². The number of piperazine rings is 1. The molecule has 1 amide bonds. The molecule has 1 atom stereocenters. The SMILES string of the molecule is CCN1CCN(CC2CCNCC2)C(C)C1=O.Cl. The zero-order chi connectivity index (χ0) is 12.3. The predicted octanol–water partition coefficient (Wildman–Crippen LogP) is 0.960. The van der Waals surface area contributed by atoms with Crippen molar-refractivity contribution < 1.29 is 4.79 Å². The number of nitrogens with one attached hydrogen (secondary N) is 1. The molecule has 0 saturated carbocycles. The molecule has 0 aliphatic carbocycles. The van der Waals surface area contributed by atoms with Gasteiger partial charge in [0.1, 0.15) is 0 Å². The Hall–Kier alpha value is -0.320. The zero-order valence-electron chi connectivity index (χ0n) is 11.5. The molecule has 0 bridgehead atoms. The van der Waals surface area contributed by atoms with Crippen molar-refractivity contribution in [2.75, 3.05) is 39.3 Å². The fourth-order valence-electron chi connectivity index (χ4n) is 2.93. The summed E-state index contributed by atoms with van der Waals surface area (Å²) in [6.45, 7) is 10.3. The van der Waals surface area contributed by atoms with Crippen LogP contribution in [0.5, 0.6) is 0 Å². The Labute approximate surface area is 116 Å². The van der Waals surface area contributed by atoms with Gasteiger partial charge in [-0.1, -0.05) is 0 Å². The van der Waals surface area contributed by atoms with E-state index >= 15 is 0 Å². The smallest absolute Gasteiger partial charge is 0.239 e. The molecule has 0 aromatic rings. The summed E-state index contributed by atoms with van der Waals surface area (Å²) in [5, 5.41) is 3.39. The number of nitrogens with zero attached hydrogens (tertiary/aromatic N) is 2. The maximum absolute atomic E-state index is 12.1. The first-order valence-corrected chi connectivity index (χ1v) is 6.96. The highest BCUT2D eigenvalue weighted by atomic mass is 35.5. The number of hydrogen-bond acceptors (Lipinski definition) is 3. The van der Waals surface area contributed by atoms with E-state index < -0.39 is 0 Å². The van der Waals surface area contributed by atoms with Gasteiger partial charge < -0.3 is 10.2 Å². The summed E-state index contributed by atoms with van der Waals surface area (Å²) in [6.07, 6.45) is 2.52. The molecule has 0 aromatic heterocycles. The van der Waals surface area contributed by atoms with E-state index in [1.807, 2.05) is 4.90 Å². The molecule has 2 aliphatic rings. The van der Waals surface area contributed by atoms with Crippen LogP contribution in [0, 0.1) is 5.92 Å². The van der Waals surface area contributed by atoms with E-state index in [1.54, 1.807) is 0 Å². The standard InChI is InChI=1S/C13H25N3O.ClH/c1-3-15-8-9-16(11(2)13(15)17)10-12-4-6-14-7-5-12;/h11-12,14H,3-10H2,1-2H3;1H. The van der Waals surface area contributed by atoms with Crippen LogP contribution in [-0.2, 0) is 4.79 Å². The van der Waals surface area contributed by atoms with E-state index in [1.165, 1.54) is 12.8 Å². The van der Waals surface area contributed by atoms with Gasteiger partial charge in [-0.15, -0.1) is 12.4 Å². The van der Waals surface area contributed by atoms with E-state index in [9.17, 15) is 4.79 Å². The van der Waals surface area contributed by atoms with Crippen LogP contribution in [0.1, 0.15) is 26.7 Å². The predicted molar refractivity (Wildman–Crippen MR) is 76.1 cm³/mol. The lowest BCUT2D eigenvalue weighted by molar-refractivity contribution is -0.141. The first kappa shape index (κ1) is 15.7. The van der Waals surface area contributed by atoms with Crippen molar-refractivity contribution in [1.82, 2.24) is 15.1 Å². The molecule has 0 spiro atoms. The second-order valence-corrected chi connectivity index (χ2v) is 5.28. The molecular formula is C13H26ClN3O. The third kappa shape index (κ3) is 3.59. The average Bonchev–Trinajstić information content (AvgIpc) is 2.37. The van der Waals surface area contributed by atoms with E-state index in [2.05, 4.69) is 24.1 Å². The second kappa shape index (κ2) is 7.31. The Morgan fingerprint density at radius 3 is 2.56 bits per heavy atom. The third-order valence-corrected chi connectivity index (χ3v) is 4.21. The topological polar surface area (TPSA) is 35.6 Å². The minimum Gasteiger partial charge on any atom is -0.340 e. The molecule has 1 unspecified atom stereocenters. The van der Waals surface area contributed by atoms with Crippen molar-refractivity contribution in [1.29, 1.82) is 0 Å². The lowest BCUT2D eigenvalue weighted by Gasteiger charge is -2.40. The Kier molecular flexibility index (Phi) is 6.39. The van der Waals surface area contributed by atoms with Crippen LogP contribution in [0.15, 0.2) is 0 Å². The minimum absolute atomic E-state index is 0. The van der Waals surface area contributed by atoms with Crippen molar-refractivity contribution in [3.8, 4) is 0 Å². The summed E-state index contributed by atoms with van der Waals surface area (Å²) in [7, 11) is 0.